The molecule has 2 aromatic carbocycles. The van der Waals surface area contributed by atoms with Crippen LogP contribution in [0.1, 0.15) is 24.0 Å². The highest BCUT2D eigenvalue weighted by molar-refractivity contribution is 6.30. The number of hydrogen-bond acceptors (Lipinski definition) is 2. The average molecular weight is 360 g/mol. The summed E-state index contributed by atoms with van der Waals surface area (Å²) in [6, 6.07) is 16.3. The number of quaternary nitrogens is 1. The van der Waals surface area contributed by atoms with Crippen molar-refractivity contribution in [3.8, 4) is 5.75 Å². The van der Waals surface area contributed by atoms with Crippen molar-refractivity contribution in [2.45, 2.75) is 32.0 Å². The smallest absolute Gasteiger partial charge is 0.275 e. The molecule has 5 heteroatoms. The van der Waals surface area contributed by atoms with E-state index in [2.05, 4.69) is 17.4 Å². The first-order chi connectivity index (χ1) is 12.1. The van der Waals surface area contributed by atoms with Gasteiger partial charge in [-0.05, 0) is 42.0 Å². The molecular formula is C20H24ClN2O2+. The Kier molecular flexibility index (Phi) is 5.95. The van der Waals surface area contributed by atoms with Crippen molar-refractivity contribution in [1.82, 2.24) is 5.32 Å². The summed E-state index contributed by atoms with van der Waals surface area (Å²) in [5.74, 6) is 0.936. The highest BCUT2D eigenvalue weighted by Gasteiger charge is 2.34. The zero-order chi connectivity index (χ0) is 17.6. The number of hydrogen-bond donors (Lipinski definition) is 2. The molecule has 25 heavy (non-hydrogen) atoms. The lowest BCUT2D eigenvalue weighted by atomic mass is 10.2. The minimum Gasteiger partial charge on any atom is -0.497 e. The molecule has 1 atom stereocenters. The van der Waals surface area contributed by atoms with Crippen LogP contribution in [0.4, 0.5) is 0 Å². The minimum absolute atomic E-state index is 0.0791. The van der Waals surface area contributed by atoms with Gasteiger partial charge in [0.25, 0.3) is 5.91 Å². The lowest BCUT2D eigenvalue weighted by molar-refractivity contribution is -0.917. The maximum atomic E-state index is 12.3. The SMILES string of the molecule is COc1ccc(C[NH+](CC(=O)NCc2cccc(Cl)c2)C2CC2)cc1. The summed E-state index contributed by atoms with van der Waals surface area (Å²) in [6.07, 6.45) is 2.40. The number of methoxy groups -OCH3 is 1. The normalized spacial score (nSPS) is 14.8. The van der Waals surface area contributed by atoms with Gasteiger partial charge >= 0.3 is 0 Å². The third kappa shape index (κ3) is 5.48. The van der Waals surface area contributed by atoms with Crippen molar-refractivity contribution in [3.05, 3.63) is 64.7 Å². The lowest BCUT2D eigenvalue weighted by Crippen LogP contribution is -3.13. The van der Waals surface area contributed by atoms with Gasteiger partial charge in [-0.2, -0.15) is 0 Å². The first-order valence-electron chi connectivity index (χ1n) is 8.62. The molecule has 0 saturated heterocycles. The summed E-state index contributed by atoms with van der Waals surface area (Å²) in [5, 5.41) is 3.70. The standard InChI is InChI=1S/C20H23ClN2O2/c1-25-19-9-5-15(6-10-19)13-23(18-7-8-18)14-20(24)22-12-16-3-2-4-17(21)11-16/h2-6,9-11,18H,7-8,12-14H2,1H3,(H,22,24)/p+1. The van der Waals surface area contributed by atoms with Crippen LogP contribution in [0.15, 0.2) is 48.5 Å². The molecule has 0 aliphatic heterocycles. The van der Waals surface area contributed by atoms with Crippen LogP contribution >= 0.6 is 11.6 Å². The average Bonchev–Trinajstić information content (AvgIpc) is 3.45. The largest absolute Gasteiger partial charge is 0.497 e. The van der Waals surface area contributed by atoms with Crippen LogP contribution in [0, 0.1) is 0 Å². The van der Waals surface area contributed by atoms with E-state index < -0.39 is 0 Å². The molecule has 1 unspecified atom stereocenters. The van der Waals surface area contributed by atoms with Crippen molar-refractivity contribution in [2.75, 3.05) is 13.7 Å². The maximum absolute atomic E-state index is 12.3. The molecule has 0 aromatic heterocycles. The zero-order valence-corrected chi connectivity index (χ0v) is 15.2. The molecule has 1 aliphatic carbocycles. The van der Waals surface area contributed by atoms with Gasteiger partial charge in [0, 0.05) is 30.0 Å². The van der Waals surface area contributed by atoms with E-state index in [0.717, 1.165) is 17.9 Å². The van der Waals surface area contributed by atoms with E-state index in [-0.39, 0.29) is 5.91 Å². The van der Waals surface area contributed by atoms with E-state index in [9.17, 15) is 4.79 Å². The number of amides is 1. The molecule has 4 nitrogen and oxygen atoms in total. The van der Waals surface area contributed by atoms with Gasteiger partial charge in [0.2, 0.25) is 0 Å². The van der Waals surface area contributed by atoms with Crippen LogP contribution in [-0.4, -0.2) is 25.6 Å². The van der Waals surface area contributed by atoms with Crippen LogP contribution in [0.5, 0.6) is 5.75 Å². The van der Waals surface area contributed by atoms with Gasteiger partial charge in [0.1, 0.15) is 12.3 Å². The highest BCUT2D eigenvalue weighted by atomic mass is 35.5. The fraction of sp³-hybridized carbons (Fsp3) is 0.350. The number of ether oxygens (including phenoxy) is 1. The van der Waals surface area contributed by atoms with E-state index in [1.54, 1.807) is 7.11 Å². The molecule has 1 aliphatic rings. The van der Waals surface area contributed by atoms with Crippen molar-refractivity contribution in [2.24, 2.45) is 0 Å². The Bertz CT molecular complexity index is 714. The Morgan fingerprint density at radius 1 is 1.20 bits per heavy atom. The Morgan fingerprint density at radius 2 is 1.96 bits per heavy atom. The molecule has 0 heterocycles. The van der Waals surface area contributed by atoms with Gasteiger partial charge in [0.05, 0.1) is 13.2 Å². The fourth-order valence-corrected chi connectivity index (χ4v) is 3.18. The second kappa shape index (κ2) is 8.37. The Labute approximate surface area is 153 Å². The fourth-order valence-electron chi connectivity index (χ4n) is 2.96. The van der Waals surface area contributed by atoms with E-state index in [1.807, 2.05) is 36.4 Å². The predicted octanol–water partition coefficient (Wildman–Crippen LogP) is 2.21. The quantitative estimate of drug-likeness (QED) is 0.759. The monoisotopic (exact) mass is 359 g/mol. The molecule has 2 N–H and O–H groups in total. The van der Waals surface area contributed by atoms with E-state index >= 15 is 0 Å². The van der Waals surface area contributed by atoms with Crippen LogP contribution in [-0.2, 0) is 17.9 Å². The first kappa shape index (κ1) is 17.8. The minimum atomic E-state index is 0.0791. The third-order valence-electron chi connectivity index (χ3n) is 4.51. The molecule has 0 radical (unpaired) electrons. The van der Waals surface area contributed by atoms with Crippen LogP contribution in [0.25, 0.3) is 0 Å². The summed E-state index contributed by atoms with van der Waals surface area (Å²) in [4.78, 5) is 13.7. The molecule has 0 spiro atoms. The van der Waals surface area contributed by atoms with Gasteiger partial charge in [-0.25, -0.2) is 0 Å². The van der Waals surface area contributed by atoms with E-state index in [1.165, 1.54) is 23.3 Å². The van der Waals surface area contributed by atoms with Crippen LogP contribution in [0.3, 0.4) is 0 Å². The Morgan fingerprint density at radius 3 is 2.60 bits per heavy atom. The van der Waals surface area contributed by atoms with Gasteiger partial charge < -0.3 is 15.0 Å². The summed E-state index contributed by atoms with van der Waals surface area (Å²) in [6.45, 7) is 1.87. The van der Waals surface area contributed by atoms with Gasteiger partial charge in [0.15, 0.2) is 6.54 Å². The predicted molar refractivity (Wildman–Crippen MR) is 98.8 cm³/mol. The van der Waals surface area contributed by atoms with Crippen molar-refractivity contribution >= 4 is 17.5 Å². The summed E-state index contributed by atoms with van der Waals surface area (Å²) in [5.41, 5.74) is 2.24. The van der Waals surface area contributed by atoms with Crippen LogP contribution < -0.4 is 15.0 Å². The Balaban J connectivity index is 1.53. The summed E-state index contributed by atoms with van der Waals surface area (Å²) in [7, 11) is 1.67. The highest BCUT2D eigenvalue weighted by Crippen LogP contribution is 2.16. The van der Waals surface area contributed by atoms with E-state index in [0.29, 0.717) is 24.2 Å². The molecule has 2 aromatic rings. The summed E-state index contributed by atoms with van der Waals surface area (Å²) < 4.78 is 5.20. The van der Waals surface area contributed by atoms with Gasteiger partial charge in [-0.15, -0.1) is 0 Å². The topological polar surface area (TPSA) is 42.8 Å². The third-order valence-corrected chi connectivity index (χ3v) is 4.75. The maximum Gasteiger partial charge on any atom is 0.275 e. The second-order valence-corrected chi connectivity index (χ2v) is 6.98. The van der Waals surface area contributed by atoms with Crippen molar-refractivity contribution in [3.63, 3.8) is 0 Å². The number of nitrogens with one attached hydrogen (secondary N) is 2. The lowest BCUT2D eigenvalue weighted by Gasteiger charge is -2.19. The Hall–Kier alpha value is -2.04. The number of benzene rings is 2. The number of carbonyl (C=O) groups excluding carboxylic acids is 1. The number of carbonyl (C=O) groups is 1. The van der Waals surface area contributed by atoms with E-state index in [4.69, 9.17) is 16.3 Å². The molecule has 0 bridgehead atoms. The van der Waals surface area contributed by atoms with Crippen molar-refractivity contribution in [1.29, 1.82) is 0 Å². The van der Waals surface area contributed by atoms with Crippen LogP contribution in [0.2, 0.25) is 5.02 Å². The molecule has 3 rings (SSSR count). The first-order valence-corrected chi connectivity index (χ1v) is 9.00. The number of halogens is 1. The number of rotatable bonds is 8. The zero-order valence-electron chi connectivity index (χ0n) is 14.4. The molecule has 132 valence electrons. The molecule has 1 saturated carbocycles. The van der Waals surface area contributed by atoms with Gasteiger partial charge in [-0.1, -0.05) is 23.7 Å². The van der Waals surface area contributed by atoms with Crippen molar-refractivity contribution < 1.29 is 14.4 Å². The van der Waals surface area contributed by atoms with Gasteiger partial charge in [-0.3, -0.25) is 4.79 Å². The molecule has 1 fully saturated rings. The second-order valence-electron chi connectivity index (χ2n) is 6.54. The molecular weight excluding hydrogens is 336 g/mol. The summed E-state index contributed by atoms with van der Waals surface area (Å²) >= 11 is 5.98. The molecule has 1 amide bonds.